The van der Waals surface area contributed by atoms with Crippen LogP contribution in [0.2, 0.25) is 0 Å². The second-order valence-corrected chi connectivity index (χ2v) is 22.4. The standard InChI is InChI=1S/C56H70FN5O15S/c1-37(2)74-52(66)60-25-23-59(24-26-61(53(67)76-55(4,5)6)29-30-62(28-27-60)54(68)77-56(7,8)9)22-21-58-50(64)39-12-17-43(46(34-39)51(65)72-31-20-57)49-44-18-13-40(63)35-47(44)75-48-36-41(14-19-45(48)49)71-32-33-73-78(69,70)42-15-10-38(3)11-16-42/h10-19,34-37H,20-33H2,1-9H3,(H,58,64). The maximum Gasteiger partial charge on any atom is 0.410 e. The number of halogens is 1. The number of fused-ring (bicyclic) bond motifs is 2. The topological polar surface area (TPSA) is 230 Å². The van der Waals surface area contributed by atoms with Crippen molar-refractivity contribution in [3.63, 3.8) is 0 Å². The number of rotatable bonds is 15. The molecule has 2 heterocycles. The molecule has 2 aliphatic heterocycles. The van der Waals surface area contributed by atoms with Gasteiger partial charge in [0.05, 0.1) is 16.6 Å². The Hall–Kier alpha value is -7.30. The summed E-state index contributed by atoms with van der Waals surface area (Å²) in [7, 11) is -4.05. The molecule has 6 rings (SSSR count). The van der Waals surface area contributed by atoms with Crippen LogP contribution in [0.1, 0.15) is 81.7 Å². The Labute approximate surface area is 454 Å². The van der Waals surface area contributed by atoms with E-state index in [1.54, 1.807) is 91.8 Å². The first kappa shape index (κ1) is 59.9. The lowest BCUT2D eigenvalue weighted by Crippen LogP contribution is -2.51. The highest BCUT2D eigenvalue weighted by molar-refractivity contribution is 7.86. The molecule has 0 bridgehead atoms. The van der Waals surface area contributed by atoms with Crippen LogP contribution < -0.4 is 15.5 Å². The van der Waals surface area contributed by atoms with Crippen LogP contribution >= 0.6 is 0 Å². The van der Waals surface area contributed by atoms with Crippen LogP contribution in [-0.2, 0) is 33.2 Å². The Balaban J connectivity index is 1.24. The number of carbonyl (C=O) groups is 5. The van der Waals surface area contributed by atoms with Crippen LogP contribution in [0, 0.1) is 6.92 Å². The molecule has 3 aliphatic rings. The molecule has 20 nitrogen and oxygen atoms in total. The quantitative estimate of drug-likeness (QED) is 0.0343. The van der Waals surface area contributed by atoms with Gasteiger partial charge in [0.15, 0.2) is 5.43 Å². The number of ether oxygens (including phenoxy) is 5. The Morgan fingerprint density at radius 1 is 0.705 bits per heavy atom. The number of nitrogens with zero attached hydrogens (tertiary/aromatic N) is 4. The Kier molecular flexibility index (Phi) is 20.3. The van der Waals surface area contributed by atoms with E-state index in [-0.39, 0.29) is 123 Å². The minimum Gasteiger partial charge on any atom is -0.491 e. The van der Waals surface area contributed by atoms with Crippen LogP contribution in [0.25, 0.3) is 33.4 Å². The Bertz CT molecular complexity index is 3060. The van der Waals surface area contributed by atoms with Gasteiger partial charge in [-0.3, -0.25) is 18.7 Å². The largest absolute Gasteiger partial charge is 0.491 e. The molecule has 3 aromatic rings. The summed E-state index contributed by atoms with van der Waals surface area (Å²) in [4.78, 5) is 87.4. The summed E-state index contributed by atoms with van der Waals surface area (Å²) in [5.41, 5.74) is 0.212. The van der Waals surface area contributed by atoms with Crippen molar-refractivity contribution in [1.82, 2.24) is 24.9 Å². The number of carbonyl (C=O) groups excluding carboxylic acids is 5. The van der Waals surface area contributed by atoms with Gasteiger partial charge in [-0.1, -0.05) is 23.8 Å². The maximum atomic E-state index is 14.0. The Morgan fingerprint density at radius 2 is 1.29 bits per heavy atom. The van der Waals surface area contributed by atoms with Gasteiger partial charge in [0, 0.05) is 99.7 Å². The van der Waals surface area contributed by atoms with Gasteiger partial charge in [-0.15, -0.1) is 0 Å². The van der Waals surface area contributed by atoms with E-state index in [1.807, 2.05) is 11.8 Å². The summed E-state index contributed by atoms with van der Waals surface area (Å²) in [5, 5.41) is 3.36. The van der Waals surface area contributed by atoms with Gasteiger partial charge < -0.3 is 48.1 Å². The third kappa shape index (κ3) is 17.1. The molecule has 0 radical (unpaired) electrons. The number of aryl methyl sites for hydroxylation is 1. The minimum atomic E-state index is -4.05. The van der Waals surface area contributed by atoms with Crippen LogP contribution in [0.3, 0.4) is 0 Å². The number of hydrogen-bond acceptors (Lipinski definition) is 16. The molecule has 0 atom stereocenters. The highest BCUT2D eigenvalue weighted by Gasteiger charge is 2.30. The van der Waals surface area contributed by atoms with Crippen molar-refractivity contribution in [1.29, 1.82) is 0 Å². The highest BCUT2D eigenvalue weighted by atomic mass is 32.2. The number of alkyl halides is 1. The van der Waals surface area contributed by atoms with Gasteiger partial charge in [0.1, 0.15) is 54.8 Å². The maximum absolute atomic E-state index is 14.0. The van der Waals surface area contributed by atoms with Crippen molar-refractivity contribution >= 4 is 51.2 Å². The smallest absolute Gasteiger partial charge is 0.410 e. The lowest BCUT2D eigenvalue weighted by atomic mass is 9.89. The van der Waals surface area contributed by atoms with Crippen molar-refractivity contribution in [3.05, 3.63) is 106 Å². The molecule has 1 fully saturated rings. The molecular weight excluding hydrogens is 1030 g/mol. The summed E-state index contributed by atoms with van der Waals surface area (Å²) in [6, 6.07) is 19.6. The third-order valence-corrected chi connectivity index (χ3v) is 13.2. The van der Waals surface area contributed by atoms with Crippen LogP contribution in [0.15, 0.2) is 93.0 Å². The van der Waals surface area contributed by atoms with E-state index < -0.39 is 70.9 Å². The van der Waals surface area contributed by atoms with E-state index in [0.29, 0.717) is 16.5 Å². The molecule has 1 saturated heterocycles. The van der Waals surface area contributed by atoms with Gasteiger partial charge in [0.25, 0.3) is 16.0 Å². The van der Waals surface area contributed by atoms with Crippen LogP contribution in [0.5, 0.6) is 5.75 Å². The zero-order chi connectivity index (χ0) is 57.0. The van der Waals surface area contributed by atoms with Crippen molar-refractivity contribution in [2.75, 3.05) is 91.9 Å². The average molecular weight is 1100 g/mol. The number of esters is 1. The molecule has 22 heteroatoms. The molecule has 3 aromatic carbocycles. The van der Waals surface area contributed by atoms with Crippen molar-refractivity contribution in [3.8, 4) is 28.2 Å². The van der Waals surface area contributed by atoms with Crippen molar-refractivity contribution in [2.45, 2.75) is 84.5 Å². The van der Waals surface area contributed by atoms with Crippen molar-refractivity contribution in [2.24, 2.45) is 0 Å². The lowest BCUT2D eigenvalue weighted by molar-refractivity contribution is 0.00910. The van der Waals surface area contributed by atoms with E-state index >= 15 is 0 Å². The first-order chi connectivity index (χ1) is 36.8. The average Bonchev–Trinajstić information content (AvgIpc) is 3.39. The predicted octanol–water partition coefficient (Wildman–Crippen LogP) is 8.15. The molecule has 0 saturated carbocycles. The molecule has 422 valence electrons. The second kappa shape index (κ2) is 26.4. The molecule has 78 heavy (non-hydrogen) atoms. The number of nitrogens with one attached hydrogen (secondary N) is 1. The van der Waals surface area contributed by atoms with E-state index in [9.17, 15) is 41.6 Å². The predicted molar refractivity (Wildman–Crippen MR) is 288 cm³/mol. The normalized spacial score (nSPS) is 14.4. The summed E-state index contributed by atoms with van der Waals surface area (Å²) < 4.78 is 78.5. The molecule has 1 N–H and O–H groups in total. The zero-order valence-corrected chi connectivity index (χ0v) is 46.5. The molecule has 0 spiro atoms. The first-order valence-electron chi connectivity index (χ1n) is 25.7. The summed E-state index contributed by atoms with van der Waals surface area (Å²) >= 11 is 0. The number of amides is 4. The molecular formula is C56H70FN5O15S. The Morgan fingerprint density at radius 3 is 1.88 bits per heavy atom. The summed E-state index contributed by atoms with van der Waals surface area (Å²) in [5.74, 6) is -1.07. The molecule has 4 amide bonds. The second-order valence-electron chi connectivity index (χ2n) is 20.8. The fourth-order valence-electron chi connectivity index (χ4n) is 8.17. The fraction of sp³-hybridized carbons (Fsp3) is 0.464. The molecule has 0 unspecified atom stereocenters. The van der Waals surface area contributed by atoms with Gasteiger partial charge in [-0.05, 0) is 116 Å². The number of benzene rings is 4. The minimum absolute atomic E-state index is 0.00149. The molecule has 0 aromatic heterocycles. The first-order valence-corrected chi connectivity index (χ1v) is 27.1. The zero-order valence-electron chi connectivity index (χ0n) is 45.7. The van der Waals surface area contributed by atoms with Gasteiger partial charge in [-0.2, -0.15) is 8.42 Å². The van der Waals surface area contributed by atoms with Crippen LogP contribution in [-0.4, -0.2) is 167 Å². The van der Waals surface area contributed by atoms with E-state index in [0.717, 1.165) is 5.56 Å². The van der Waals surface area contributed by atoms with E-state index in [2.05, 4.69) is 5.32 Å². The van der Waals surface area contributed by atoms with Gasteiger partial charge in [-0.25, -0.2) is 23.6 Å². The van der Waals surface area contributed by atoms with E-state index in [1.165, 1.54) is 57.2 Å². The van der Waals surface area contributed by atoms with Gasteiger partial charge >= 0.3 is 24.2 Å². The van der Waals surface area contributed by atoms with Gasteiger partial charge in [0.2, 0.25) is 0 Å². The summed E-state index contributed by atoms with van der Waals surface area (Å²) in [6.07, 6.45) is -2.19. The van der Waals surface area contributed by atoms with E-state index in [4.69, 9.17) is 32.3 Å². The lowest BCUT2D eigenvalue weighted by Gasteiger charge is -2.35. The monoisotopic (exact) mass is 1100 g/mol. The summed E-state index contributed by atoms with van der Waals surface area (Å²) in [6.45, 7) is 15.3. The number of hydrogen-bond donors (Lipinski definition) is 1. The highest BCUT2D eigenvalue weighted by Crippen LogP contribution is 2.42. The van der Waals surface area contributed by atoms with Crippen LogP contribution in [0.4, 0.5) is 18.8 Å². The fourth-order valence-corrected chi connectivity index (χ4v) is 9.07. The SMILES string of the molecule is Cc1ccc(S(=O)(=O)OCCOc2ccc3c(-c4ccc(C(=O)NCCN5CCN(C(=O)OC(C)C)CCN(C(=O)OC(C)(C)C)CCN(C(=O)OC(C)(C)C)CC5)cc4C(=O)OCCF)c4ccc(=O)cc-4oc3c2)cc1. The van der Waals surface area contributed by atoms with Crippen molar-refractivity contribution < 1.29 is 69.1 Å². The third-order valence-electron chi connectivity index (χ3n) is 11.9. The molecule has 1 aliphatic carbocycles.